The Bertz CT molecular complexity index is 451. The second-order valence-corrected chi connectivity index (χ2v) is 4.22. The molecule has 2 aromatic rings. The van der Waals surface area contributed by atoms with Crippen LogP contribution in [0.1, 0.15) is 22.1 Å². The fraction of sp³-hybridized carbons (Fsp3) is 0.143. The van der Waals surface area contributed by atoms with E-state index >= 15 is 0 Å². The number of rotatable bonds is 3. The zero-order chi connectivity index (χ0) is 11.4. The summed E-state index contributed by atoms with van der Waals surface area (Å²) in [4.78, 5) is 0. The third-order valence-corrected chi connectivity index (χ3v) is 2.85. The van der Waals surface area contributed by atoms with Crippen LogP contribution in [-0.2, 0) is 6.42 Å². The van der Waals surface area contributed by atoms with E-state index in [4.69, 9.17) is 0 Å². The first-order valence-corrected chi connectivity index (χ1v) is 5.77. The molecule has 0 aliphatic rings. The summed E-state index contributed by atoms with van der Waals surface area (Å²) in [5.41, 5.74) is 2.54. The quantitative estimate of drug-likeness (QED) is 0.613. The standard InChI is InChI=1S/C14H14OS/c15-14(16)13-9-5-4-8-12(13)10-11-6-2-1-3-7-11/h1-9,14-16H,10H2. The van der Waals surface area contributed by atoms with Gasteiger partial charge in [0, 0.05) is 0 Å². The van der Waals surface area contributed by atoms with E-state index in [1.165, 1.54) is 5.56 Å². The van der Waals surface area contributed by atoms with E-state index in [0.29, 0.717) is 0 Å². The maximum absolute atomic E-state index is 9.55. The van der Waals surface area contributed by atoms with Crippen molar-refractivity contribution in [3.8, 4) is 0 Å². The highest BCUT2D eigenvalue weighted by molar-refractivity contribution is 7.80. The number of thiol groups is 1. The molecule has 0 amide bonds. The minimum atomic E-state index is -0.708. The van der Waals surface area contributed by atoms with Gasteiger partial charge in [-0.3, -0.25) is 0 Å². The normalized spacial score (nSPS) is 12.4. The molecule has 0 aliphatic carbocycles. The lowest BCUT2D eigenvalue weighted by Crippen LogP contribution is -1.97. The van der Waals surface area contributed by atoms with Crippen LogP contribution in [0, 0.1) is 0 Å². The van der Waals surface area contributed by atoms with Crippen LogP contribution in [0.5, 0.6) is 0 Å². The van der Waals surface area contributed by atoms with Crippen molar-refractivity contribution in [2.24, 2.45) is 0 Å². The van der Waals surface area contributed by atoms with Crippen molar-refractivity contribution in [2.45, 2.75) is 11.9 Å². The first kappa shape index (κ1) is 11.2. The lowest BCUT2D eigenvalue weighted by Gasteiger charge is -2.11. The molecule has 0 radical (unpaired) electrons. The summed E-state index contributed by atoms with van der Waals surface area (Å²) in [6.45, 7) is 0. The predicted molar refractivity (Wildman–Crippen MR) is 69.6 cm³/mol. The van der Waals surface area contributed by atoms with Gasteiger partial charge in [0.25, 0.3) is 0 Å². The van der Waals surface area contributed by atoms with E-state index in [0.717, 1.165) is 17.5 Å². The molecule has 1 N–H and O–H groups in total. The molecule has 0 aliphatic heterocycles. The van der Waals surface area contributed by atoms with Crippen molar-refractivity contribution >= 4 is 12.6 Å². The maximum atomic E-state index is 9.55. The van der Waals surface area contributed by atoms with E-state index in [9.17, 15) is 5.11 Å². The fourth-order valence-electron chi connectivity index (χ4n) is 1.76. The fourth-order valence-corrected chi connectivity index (χ4v) is 2.01. The van der Waals surface area contributed by atoms with Gasteiger partial charge in [-0.05, 0) is 23.1 Å². The molecular formula is C14H14OS. The molecule has 0 spiro atoms. The van der Waals surface area contributed by atoms with Gasteiger partial charge in [0.05, 0.1) is 0 Å². The van der Waals surface area contributed by atoms with Gasteiger partial charge in [-0.15, -0.1) is 12.6 Å². The van der Waals surface area contributed by atoms with Crippen molar-refractivity contribution in [3.05, 3.63) is 71.3 Å². The molecule has 16 heavy (non-hydrogen) atoms. The Morgan fingerprint density at radius 3 is 2.25 bits per heavy atom. The average Bonchev–Trinajstić information content (AvgIpc) is 2.31. The Hall–Kier alpha value is -1.25. The molecule has 1 atom stereocenters. The van der Waals surface area contributed by atoms with Gasteiger partial charge in [-0.1, -0.05) is 54.6 Å². The van der Waals surface area contributed by atoms with Crippen LogP contribution in [0.25, 0.3) is 0 Å². The van der Waals surface area contributed by atoms with Crippen molar-refractivity contribution in [3.63, 3.8) is 0 Å². The topological polar surface area (TPSA) is 20.2 Å². The van der Waals surface area contributed by atoms with Gasteiger partial charge in [0.15, 0.2) is 0 Å². The summed E-state index contributed by atoms with van der Waals surface area (Å²) < 4.78 is 0. The number of hydrogen-bond donors (Lipinski definition) is 2. The smallest absolute Gasteiger partial charge is 0.122 e. The van der Waals surface area contributed by atoms with Crippen LogP contribution < -0.4 is 0 Å². The van der Waals surface area contributed by atoms with Crippen LogP contribution in [0.4, 0.5) is 0 Å². The Balaban J connectivity index is 2.28. The number of hydrogen-bond acceptors (Lipinski definition) is 2. The van der Waals surface area contributed by atoms with Gasteiger partial charge in [-0.2, -0.15) is 0 Å². The molecule has 2 aromatic carbocycles. The molecule has 1 unspecified atom stereocenters. The largest absolute Gasteiger partial charge is 0.378 e. The summed E-state index contributed by atoms with van der Waals surface area (Å²) in [7, 11) is 0. The minimum Gasteiger partial charge on any atom is -0.378 e. The van der Waals surface area contributed by atoms with Crippen molar-refractivity contribution in [2.75, 3.05) is 0 Å². The molecule has 0 heterocycles. The predicted octanol–water partition coefficient (Wildman–Crippen LogP) is 3.20. The molecule has 0 aromatic heterocycles. The zero-order valence-corrected chi connectivity index (χ0v) is 9.77. The van der Waals surface area contributed by atoms with E-state index in [2.05, 4.69) is 24.8 Å². The zero-order valence-electron chi connectivity index (χ0n) is 8.88. The SMILES string of the molecule is OC(S)c1ccccc1Cc1ccccc1. The molecule has 0 saturated carbocycles. The molecule has 82 valence electrons. The molecular weight excluding hydrogens is 216 g/mol. The Morgan fingerprint density at radius 2 is 1.56 bits per heavy atom. The summed E-state index contributed by atoms with van der Waals surface area (Å²) >= 11 is 4.08. The average molecular weight is 230 g/mol. The molecule has 0 saturated heterocycles. The Kier molecular flexibility index (Phi) is 3.65. The van der Waals surface area contributed by atoms with Crippen molar-refractivity contribution < 1.29 is 5.11 Å². The summed E-state index contributed by atoms with van der Waals surface area (Å²) in [5, 5.41) is 9.55. The molecule has 0 fully saturated rings. The van der Waals surface area contributed by atoms with Crippen LogP contribution >= 0.6 is 12.6 Å². The molecule has 0 bridgehead atoms. The van der Waals surface area contributed by atoms with Crippen LogP contribution in [0.2, 0.25) is 0 Å². The van der Waals surface area contributed by atoms with E-state index in [1.807, 2.05) is 42.5 Å². The Labute approximate surface area is 101 Å². The number of benzene rings is 2. The third kappa shape index (κ3) is 2.65. The number of aliphatic hydroxyl groups is 1. The minimum absolute atomic E-state index is 0.708. The van der Waals surface area contributed by atoms with Gasteiger partial charge < -0.3 is 5.11 Å². The second kappa shape index (κ2) is 5.19. The third-order valence-electron chi connectivity index (χ3n) is 2.57. The Morgan fingerprint density at radius 1 is 0.938 bits per heavy atom. The first-order valence-electron chi connectivity index (χ1n) is 5.25. The first-order chi connectivity index (χ1) is 7.77. The highest BCUT2D eigenvalue weighted by Crippen LogP contribution is 2.22. The van der Waals surface area contributed by atoms with E-state index in [-0.39, 0.29) is 0 Å². The van der Waals surface area contributed by atoms with Crippen LogP contribution in [0.15, 0.2) is 54.6 Å². The van der Waals surface area contributed by atoms with Gasteiger partial charge in [0.1, 0.15) is 5.44 Å². The lowest BCUT2D eigenvalue weighted by atomic mass is 10.0. The number of aliphatic hydroxyl groups excluding tert-OH is 1. The second-order valence-electron chi connectivity index (χ2n) is 3.73. The monoisotopic (exact) mass is 230 g/mol. The van der Waals surface area contributed by atoms with E-state index in [1.54, 1.807) is 0 Å². The molecule has 1 nitrogen and oxygen atoms in total. The lowest BCUT2D eigenvalue weighted by molar-refractivity contribution is 0.271. The maximum Gasteiger partial charge on any atom is 0.122 e. The van der Waals surface area contributed by atoms with Gasteiger partial charge in [0.2, 0.25) is 0 Å². The van der Waals surface area contributed by atoms with Crippen molar-refractivity contribution in [1.29, 1.82) is 0 Å². The summed E-state index contributed by atoms with van der Waals surface area (Å²) in [6.07, 6.45) is 0.828. The van der Waals surface area contributed by atoms with Crippen LogP contribution in [0.3, 0.4) is 0 Å². The highest BCUT2D eigenvalue weighted by Gasteiger charge is 2.07. The summed E-state index contributed by atoms with van der Waals surface area (Å²) in [6, 6.07) is 18.1. The van der Waals surface area contributed by atoms with Crippen molar-refractivity contribution in [1.82, 2.24) is 0 Å². The van der Waals surface area contributed by atoms with Crippen LogP contribution in [-0.4, -0.2) is 5.11 Å². The highest BCUT2D eigenvalue weighted by atomic mass is 32.1. The molecule has 2 rings (SSSR count). The molecule has 2 heteroatoms. The summed E-state index contributed by atoms with van der Waals surface area (Å²) in [5.74, 6) is 0. The van der Waals surface area contributed by atoms with Gasteiger partial charge in [-0.25, -0.2) is 0 Å². The van der Waals surface area contributed by atoms with Gasteiger partial charge >= 0.3 is 0 Å². The van der Waals surface area contributed by atoms with E-state index < -0.39 is 5.44 Å².